The highest BCUT2D eigenvalue weighted by Crippen LogP contribution is 2.23. The molecule has 1 unspecified atom stereocenters. The number of nitrogens with zero attached hydrogens (tertiary/aromatic N) is 5. The molecule has 1 fully saturated rings. The number of thioether (sulfide) groups is 1. The van der Waals surface area contributed by atoms with Crippen molar-refractivity contribution in [1.82, 2.24) is 19.8 Å². The lowest BCUT2D eigenvalue weighted by Gasteiger charge is -2.39. The van der Waals surface area contributed by atoms with Gasteiger partial charge in [-0.05, 0) is 26.0 Å². The molecule has 1 aliphatic rings. The zero-order chi connectivity index (χ0) is 16.3. The molecule has 1 aromatic heterocycles. The van der Waals surface area contributed by atoms with E-state index < -0.39 is 0 Å². The average molecular weight is 323 g/mol. The summed E-state index contributed by atoms with van der Waals surface area (Å²) in [5, 5.41) is 0.801. The number of hydrogen-bond acceptors (Lipinski definition) is 5. The number of carbonyl (C=O) groups excluding carboxylic acids is 1. The van der Waals surface area contributed by atoms with Gasteiger partial charge in [-0.25, -0.2) is 14.8 Å². The molecular weight excluding hydrogens is 298 g/mol. The number of piperidine rings is 1. The molecule has 22 heavy (non-hydrogen) atoms. The second-order valence-electron chi connectivity index (χ2n) is 5.88. The lowest BCUT2D eigenvalue weighted by atomic mass is 10.0. The molecule has 122 valence electrons. The van der Waals surface area contributed by atoms with E-state index in [0.717, 1.165) is 42.6 Å². The third kappa shape index (κ3) is 3.82. The van der Waals surface area contributed by atoms with Crippen molar-refractivity contribution >= 4 is 23.6 Å². The standard InChI is InChI=1S/C15H25N5OS/c1-11-9-13(17-14(16-11)22-5)20-8-6-7-12(10-20)19(4)15(21)18(2)3/h9,12H,6-8,10H2,1-5H3. The van der Waals surface area contributed by atoms with Gasteiger partial charge in [-0.15, -0.1) is 0 Å². The van der Waals surface area contributed by atoms with E-state index in [2.05, 4.69) is 14.9 Å². The minimum atomic E-state index is 0.0514. The quantitative estimate of drug-likeness (QED) is 0.630. The van der Waals surface area contributed by atoms with Crippen LogP contribution in [-0.4, -0.2) is 72.3 Å². The van der Waals surface area contributed by atoms with Crippen molar-refractivity contribution in [2.75, 3.05) is 45.4 Å². The number of aryl methyl sites for hydroxylation is 1. The molecule has 1 saturated heterocycles. The normalized spacial score (nSPS) is 18.2. The Morgan fingerprint density at radius 2 is 2.09 bits per heavy atom. The molecule has 0 aromatic carbocycles. The first-order chi connectivity index (χ1) is 10.4. The molecule has 1 aromatic rings. The summed E-state index contributed by atoms with van der Waals surface area (Å²) in [6, 6.07) is 2.29. The molecule has 1 aliphatic heterocycles. The van der Waals surface area contributed by atoms with Crippen LogP contribution in [0.3, 0.4) is 0 Å². The second kappa shape index (κ2) is 7.17. The van der Waals surface area contributed by atoms with Crippen molar-refractivity contribution in [2.24, 2.45) is 0 Å². The van der Waals surface area contributed by atoms with Gasteiger partial charge >= 0.3 is 6.03 Å². The Bertz CT molecular complexity index is 537. The number of rotatable bonds is 3. The van der Waals surface area contributed by atoms with Crippen molar-refractivity contribution in [3.63, 3.8) is 0 Å². The summed E-state index contributed by atoms with van der Waals surface area (Å²) in [6.45, 7) is 3.79. The van der Waals surface area contributed by atoms with E-state index >= 15 is 0 Å². The zero-order valence-electron chi connectivity index (χ0n) is 14.0. The summed E-state index contributed by atoms with van der Waals surface area (Å²) in [5.74, 6) is 0.965. The van der Waals surface area contributed by atoms with Crippen LogP contribution in [0.5, 0.6) is 0 Å². The summed E-state index contributed by atoms with van der Waals surface area (Å²) in [6.07, 6.45) is 4.08. The first kappa shape index (κ1) is 16.9. The maximum atomic E-state index is 12.1. The highest BCUT2D eigenvalue weighted by Gasteiger charge is 2.27. The van der Waals surface area contributed by atoms with E-state index in [1.807, 2.05) is 31.2 Å². The predicted molar refractivity (Wildman–Crippen MR) is 90.6 cm³/mol. The molecular formula is C15H25N5OS. The van der Waals surface area contributed by atoms with E-state index in [1.54, 1.807) is 30.8 Å². The van der Waals surface area contributed by atoms with E-state index in [4.69, 9.17) is 0 Å². The Morgan fingerprint density at radius 3 is 2.73 bits per heavy atom. The molecule has 0 spiro atoms. The molecule has 7 heteroatoms. The number of likely N-dealkylation sites (N-methyl/N-ethyl adjacent to an activating group) is 1. The highest BCUT2D eigenvalue weighted by molar-refractivity contribution is 7.98. The Kier molecular flexibility index (Phi) is 5.50. The molecule has 6 nitrogen and oxygen atoms in total. The van der Waals surface area contributed by atoms with Gasteiger partial charge in [0.15, 0.2) is 5.16 Å². The lowest BCUT2D eigenvalue weighted by molar-refractivity contribution is 0.157. The largest absolute Gasteiger partial charge is 0.354 e. The van der Waals surface area contributed by atoms with E-state index in [9.17, 15) is 4.79 Å². The van der Waals surface area contributed by atoms with Gasteiger partial charge in [0.1, 0.15) is 5.82 Å². The van der Waals surface area contributed by atoms with Crippen molar-refractivity contribution < 1.29 is 4.79 Å². The average Bonchev–Trinajstić information content (AvgIpc) is 2.52. The molecule has 2 heterocycles. The SMILES string of the molecule is CSc1nc(C)cc(N2CCCC(N(C)C(=O)N(C)C)C2)n1. The summed E-state index contributed by atoms with van der Waals surface area (Å²) >= 11 is 1.56. The zero-order valence-corrected chi connectivity index (χ0v) is 14.9. The Balaban J connectivity index is 2.13. The number of anilines is 1. The monoisotopic (exact) mass is 323 g/mol. The summed E-state index contributed by atoms with van der Waals surface area (Å²) < 4.78 is 0. The van der Waals surface area contributed by atoms with Crippen molar-refractivity contribution in [3.8, 4) is 0 Å². The van der Waals surface area contributed by atoms with Crippen molar-refractivity contribution in [3.05, 3.63) is 11.8 Å². The first-order valence-corrected chi connectivity index (χ1v) is 8.73. The van der Waals surface area contributed by atoms with Gasteiger partial charge in [0, 0.05) is 46.0 Å². The highest BCUT2D eigenvalue weighted by atomic mass is 32.2. The molecule has 0 radical (unpaired) electrons. The summed E-state index contributed by atoms with van der Waals surface area (Å²) in [7, 11) is 5.46. The van der Waals surface area contributed by atoms with Crippen LogP contribution in [0.15, 0.2) is 11.2 Å². The van der Waals surface area contributed by atoms with Gasteiger partial charge < -0.3 is 14.7 Å². The van der Waals surface area contributed by atoms with Crippen LogP contribution in [0.2, 0.25) is 0 Å². The van der Waals surface area contributed by atoms with Gasteiger partial charge in [0.2, 0.25) is 0 Å². The van der Waals surface area contributed by atoms with Crippen molar-refractivity contribution in [2.45, 2.75) is 31.0 Å². The first-order valence-electron chi connectivity index (χ1n) is 7.51. The third-order valence-electron chi connectivity index (χ3n) is 3.96. The second-order valence-corrected chi connectivity index (χ2v) is 6.66. The Labute approximate surface area is 136 Å². The Hall–Kier alpha value is -1.50. The minimum absolute atomic E-state index is 0.0514. The number of hydrogen-bond donors (Lipinski definition) is 0. The molecule has 1 atom stereocenters. The van der Waals surface area contributed by atoms with Crippen molar-refractivity contribution in [1.29, 1.82) is 0 Å². The fourth-order valence-electron chi connectivity index (χ4n) is 2.73. The van der Waals surface area contributed by atoms with E-state index in [1.165, 1.54) is 0 Å². The van der Waals surface area contributed by atoms with Crippen LogP contribution in [0.1, 0.15) is 18.5 Å². The van der Waals surface area contributed by atoms with Gasteiger partial charge in [-0.1, -0.05) is 11.8 Å². The van der Waals surface area contributed by atoms with Crippen LogP contribution in [0.4, 0.5) is 10.6 Å². The third-order valence-corrected chi connectivity index (χ3v) is 4.50. The van der Waals surface area contributed by atoms with Gasteiger partial charge in [-0.3, -0.25) is 0 Å². The van der Waals surface area contributed by atoms with Gasteiger partial charge in [-0.2, -0.15) is 0 Å². The van der Waals surface area contributed by atoms with Gasteiger partial charge in [0.05, 0.1) is 6.04 Å². The molecule has 2 amide bonds. The number of carbonyl (C=O) groups is 1. The molecule has 0 saturated carbocycles. The lowest BCUT2D eigenvalue weighted by Crippen LogP contribution is -2.51. The topological polar surface area (TPSA) is 52.6 Å². The van der Waals surface area contributed by atoms with Gasteiger partial charge in [0.25, 0.3) is 0 Å². The van der Waals surface area contributed by atoms with Crippen LogP contribution >= 0.6 is 11.8 Å². The Morgan fingerprint density at radius 1 is 1.36 bits per heavy atom. The minimum Gasteiger partial charge on any atom is -0.354 e. The number of amides is 2. The smallest absolute Gasteiger partial charge is 0.319 e. The predicted octanol–water partition coefficient (Wildman–Crippen LogP) is 2.09. The van der Waals surface area contributed by atoms with E-state index in [0.29, 0.717) is 0 Å². The molecule has 0 aliphatic carbocycles. The number of aromatic nitrogens is 2. The van der Waals surface area contributed by atoms with Crippen LogP contribution in [0.25, 0.3) is 0 Å². The fourth-order valence-corrected chi connectivity index (χ4v) is 3.15. The molecule has 0 bridgehead atoms. The van der Waals surface area contributed by atoms with Crippen LogP contribution in [-0.2, 0) is 0 Å². The van der Waals surface area contributed by atoms with Crippen LogP contribution in [0, 0.1) is 6.92 Å². The summed E-state index contributed by atoms with van der Waals surface area (Å²) in [4.78, 5) is 26.9. The molecule has 2 rings (SSSR count). The maximum Gasteiger partial charge on any atom is 0.319 e. The summed E-state index contributed by atoms with van der Waals surface area (Å²) in [5.41, 5.74) is 0.981. The molecule has 0 N–H and O–H groups in total. The van der Waals surface area contributed by atoms with Crippen LogP contribution < -0.4 is 4.90 Å². The number of urea groups is 1. The van der Waals surface area contributed by atoms with E-state index in [-0.39, 0.29) is 12.1 Å². The maximum absolute atomic E-state index is 12.1. The fraction of sp³-hybridized carbons (Fsp3) is 0.667.